The molecule has 0 aliphatic carbocycles. The van der Waals surface area contributed by atoms with Crippen LogP contribution in [0, 0.1) is 0 Å². The summed E-state index contributed by atoms with van der Waals surface area (Å²) in [5.41, 5.74) is 0. The number of hydrogen-bond donors (Lipinski definition) is 2. The quantitative estimate of drug-likeness (QED) is 0.0197. The van der Waals surface area contributed by atoms with Crippen LogP contribution in [0.3, 0.4) is 0 Å². The van der Waals surface area contributed by atoms with E-state index in [0.717, 1.165) is 109 Å². The summed E-state index contributed by atoms with van der Waals surface area (Å²) in [4.78, 5) is 48.3. The van der Waals surface area contributed by atoms with Gasteiger partial charge in [0.2, 0.25) is 0 Å². The number of rotatable bonds is 50. The molecule has 0 aliphatic rings. The van der Waals surface area contributed by atoms with Gasteiger partial charge in [-0.05, 0) is 89.9 Å². The molecule has 0 fully saturated rings. The van der Waals surface area contributed by atoms with Crippen LogP contribution < -0.4 is 0 Å². The van der Waals surface area contributed by atoms with Gasteiger partial charge in [0.25, 0.3) is 0 Å². The molecular formula is C60H99O11P. The summed E-state index contributed by atoms with van der Waals surface area (Å²) < 4.78 is 39.3. The Hall–Kier alpha value is -3.86. The lowest BCUT2D eigenvalue weighted by atomic mass is 10.1. The van der Waals surface area contributed by atoms with E-state index in [2.05, 4.69) is 118 Å². The van der Waals surface area contributed by atoms with Gasteiger partial charge >= 0.3 is 25.7 Å². The van der Waals surface area contributed by atoms with Crippen molar-refractivity contribution in [3.05, 3.63) is 109 Å². The molecule has 0 aromatic heterocycles. The number of phosphoric acid groups is 1. The number of esters is 3. The lowest BCUT2D eigenvalue weighted by Crippen LogP contribution is -2.30. The highest BCUT2D eigenvalue weighted by atomic mass is 31.2. The largest absolute Gasteiger partial charge is 0.472 e. The van der Waals surface area contributed by atoms with Gasteiger partial charge in [-0.2, -0.15) is 0 Å². The van der Waals surface area contributed by atoms with Gasteiger partial charge < -0.3 is 24.2 Å². The Morgan fingerprint density at radius 3 is 1.19 bits per heavy atom. The van der Waals surface area contributed by atoms with Crippen LogP contribution in [0.5, 0.6) is 0 Å². The number of hydrogen-bond acceptors (Lipinski definition) is 10. The Bertz CT molecular complexity index is 1620. The summed E-state index contributed by atoms with van der Waals surface area (Å²) in [7, 11) is -4.77. The molecule has 0 bridgehead atoms. The van der Waals surface area contributed by atoms with Crippen molar-refractivity contribution in [3.8, 4) is 0 Å². The zero-order valence-corrected chi connectivity index (χ0v) is 46.0. The number of allylic oxidation sites excluding steroid dienone is 18. The van der Waals surface area contributed by atoms with Gasteiger partial charge in [-0.1, -0.05) is 214 Å². The second kappa shape index (κ2) is 53.4. The van der Waals surface area contributed by atoms with Gasteiger partial charge in [-0.25, -0.2) is 4.57 Å². The molecule has 0 saturated carbocycles. The highest BCUT2D eigenvalue weighted by molar-refractivity contribution is 7.47. The summed E-state index contributed by atoms with van der Waals surface area (Å²) in [6.45, 7) is 4.28. The minimum Gasteiger partial charge on any atom is -0.462 e. The number of carbonyl (C=O) groups is 3. The summed E-state index contributed by atoms with van der Waals surface area (Å²) in [6, 6.07) is 0. The molecule has 0 rings (SSSR count). The first-order valence-electron chi connectivity index (χ1n) is 27.8. The predicted octanol–water partition coefficient (Wildman–Crippen LogP) is 16.2. The molecule has 2 N–H and O–H groups in total. The second-order valence-electron chi connectivity index (χ2n) is 18.0. The normalized spacial score (nSPS) is 14.2. The molecule has 0 saturated heterocycles. The van der Waals surface area contributed by atoms with Crippen molar-refractivity contribution in [2.45, 2.75) is 226 Å². The minimum atomic E-state index is -4.77. The predicted molar refractivity (Wildman–Crippen MR) is 297 cm³/mol. The van der Waals surface area contributed by atoms with Gasteiger partial charge in [0.15, 0.2) is 6.10 Å². The van der Waals surface area contributed by atoms with Crippen LogP contribution in [0.4, 0.5) is 0 Å². The third-order valence-corrected chi connectivity index (χ3v) is 12.2. The van der Waals surface area contributed by atoms with E-state index < -0.39 is 57.8 Å². The number of carbonyl (C=O) groups excluding carboxylic acids is 3. The van der Waals surface area contributed by atoms with Crippen LogP contribution in [0.1, 0.15) is 213 Å². The van der Waals surface area contributed by atoms with E-state index >= 15 is 0 Å². The fourth-order valence-electron chi connectivity index (χ4n) is 7.04. The number of ether oxygens (including phenoxy) is 3. The van der Waals surface area contributed by atoms with Crippen LogP contribution in [-0.2, 0) is 42.2 Å². The molecule has 0 aliphatic heterocycles. The molecule has 410 valence electrons. The molecule has 11 nitrogen and oxygen atoms in total. The van der Waals surface area contributed by atoms with E-state index in [1.807, 2.05) is 12.2 Å². The fourth-order valence-corrected chi connectivity index (χ4v) is 7.83. The third-order valence-electron chi connectivity index (χ3n) is 11.2. The molecule has 0 amide bonds. The maximum Gasteiger partial charge on any atom is 0.472 e. The number of aliphatic hydroxyl groups is 1. The van der Waals surface area contributed by atoms with E-state index in [-0.39, 0.29) is 25.9 Å². The number of unbranched alkanes of at least 4 members (excludes halogenated alkanes) is 15. The van der Waals surface area contributed by atoms with Crippen molar-refractivity contribution in [1.29, 1.82) is 0 Å². The molecule has 3 atom stereocenters. The molecule has 0 heterocycles. The minimum absolute atomic E-state index is 0.0383. The molecule has 0 aromatic rings. The molecular weight excluding hydrogens is 928 g/mol. The zero-order valence-electron chi connectivity index (χ0n) is 45.1. The molecule has 3 unspecified atom stereocenters. The third kappa shape index (κ3) is 51.1. The average Bonchev–Trinajstić information content (AvgIpc) is 3.37. The standard InChI is InChI=1S/C60H99O11P/c1-4-7-10-13-16-19-21-23-25-27-28-30-32-34-36-39-42-45-48-51-60(64)71-57(53-67-58(62)49-46-43-40-37-18-15-12-9-6-3)55-69-72(65,66)68-54-56(52-61)70-59(63)50-47-44-41-38-35-33-31-29-26-24-22-20-17-14-11-8-5-2/h7-8,10-11,16-17,19-20,23-26,28,30,34,36,42,45,56-57,61H,4-6,9,12-15,18,21-22,27,29,31-33,35,37-41,43-44,46-55H2,1-3H3,(H,65,66)/b10-7-,11-8-,19-16-,20-17-,25-23-,26-24-,30-28-,36-34-,45-42-. The van der Waals surface area contributed by atoms with Crippen LogP contribution in [0.2, 0.25) is 0 Å². The van der Waals surface area contributed by atoms with Crippen molar-refractivity contribution in [1.82, 2.24) is 0 Å². The fraction of sp³-hybridized carbons (Fsp3) is 0.650. The van der Waals surface area contributed by atoms with E-state index in [4.69, 9.17) is 23.3 Å². The molecule has 0 spiro atoms. The van der Waals surface area contributed by atoms with Crippen molar-refractivity contribution in [2.75, 3.05) is 26.4 Å². The molecule has 12 heteroatoms. The van der Waals surface area contributed by atoms with Crippen LogP contribution >= 0.6 is 7.82 Å². The van der Waals surface area contributed by atoms with E-state index in [9.17, 15) is 28.9 Å². The monoisotopic (exact) mass is 1030 g/mol. The van der Waals surface area contributed by atoms with Gasteiger partial charge in [-0.3, -0.25) is 23.4 Å². The van der Waals surface area contributed by atoms with E-state index in [0.29, 0.717) is 25.7 Å². The van der Waals surface area contributed by atoms with Gasteiger partial charge in [0.05, 0.1) is 19.8 Å². The van der Waals surface area contributed by atoms with Crippen LogP contribution in [0.25, 0.3) is 0 Å². The molecule has 0 aromatic carbocycles. The topological polar surface area (TPSA) is 155 Å². The highest BCUT2D eigenvalue weighted by Crippen LogP contribution is 2.43. The maximum absolute atomic E-state index is 12.9. The first-order valence-corrected chi connectivity index (χ1v) is 29.3. The lowest BCUT2D eigenvalue weighted by Gasteiger charge is -2.21. The van der Waals surface area contributed by atoms with Crippen molar-refractivity contribution >= 4 is 25.7 Å². The van der Waals surface area contributed by atoms with Crippen molar-refractivity contribution < 1.29 is 52.2 Å². The Labute approximate surface area is 437 Å². The smallest absolute Gasteiger partial charge is 0.462 e. The summed E-state index contributed by atoms with van der Waals surface area (Å²) in [6.07, 6.45) is 63.6. The van der Waals surface area contributed by atoms with Crippen LogP contribution in [0.15, 0.2) is 109 Å². The Balaban J connectivity index is 4.76. The van der Waals surface area contributed by atoms with Crippen LogP contribution in [-0.4, -0.2) is 66.5 Å². The first kappa shape index (κ1) is 68.1. The maximum atomic E-state index is 12.9. The van der Waals surface area contributed by atoms with Gasteiger partial charge in [0, 0.05) is 19.3 Å². The zero-order chi connectivity index (χ0) is 52.7. The molecule has 72 heavy (non-hydrogen) atoms. The second-order valence-corrected chi connectivity index (χ2v) is 19.4. The lowest BCUT2D eigenvalue weighted by molar-refractivity contribution is -0.161. The summed E-state index contributed by atoms with van der Waals surface area (Å²) in [5.74, 6) is -1.59. The van der Waals surface area contributed by atoms with E-state index in [1.165, 1.54) is 38.5 Å². The SMILES string of the molecule is CC/C=C\C/C=C\C/C=C\C/C=C\C/C=C\C/C=C\CCC(=O)OC(COC(=O)CCCCCCCCCCC)COP(=O)(O)OCC(CO)OC(=O)CCCCCCCCC/C=C\C/C=C\C/C=C\CC. The summed E-state index contributed by atoms with van der Waals surface area (Å²) in [5, 5.41) is 9.80. The Kier molecular flexibility index (Phi) is 50.6. The first-order chi connectivity index (χ1) is 35.2. The van der Waals surface area contributed by atoms with Crippen molar-refractivity contribution in [2.24, 2.45) is 0 Å². The Morgan fingerprint density at radius 2 is 0.750 bits per heavy atom. The summed E-state index contributed by atoms with van der Waals surface area (Å²) >= 11 is 0. The van der Waals surface area contributed by atoms with Crippen molar-refractivity contribution in [3.63, 3.8) is 0 Å². The molecule has 0 radical (unpaired) electrons. The number of aliphatic hydroxyl groups excluding tert-OH is 1. The number of phosphoric ester groups is 1. The highest BCUT2D eigenvalue weighted by Gasteiger charge is 2.28. The van der Waals surface area contributed by atoms with Gasteiger partial charge in [0.1, 0.15) is 12.7 Å². The van der Waals surface area contributed by atoms with E-state index in [1.54, 1.807) is 0 Å². The average molecular weight is 1030 g/mol. The Morgan fingerprint density at radius 1 is 0.403 bits per heavy atom. The van der Waals surface area contributed by atoms with Gasteiger partial charge in [-0.15, -0.1) is 0 Å².